The first-order chi connectivity index (χ1) is 19.4. The van der Waals surface area contributed by atoms with Gasteiger partial charge in [-0.25, -0.2) is 29.9 Å². The van der Waals surface area contributed by atoms with Crippen LogP contribution < -0.4 is 21.3 Å². The fourth-order valence-corrected chi connectivity index (χ4v) is 5.48. The van der Waals surface area contributed by atoms with Gasteiger partial charge in [0, 0.05) is 26.2 Å². The van der Waals surface area contributed by atoms with E-state index in [4.69, 9.17) is 23.1 Å². The average Bonchev–Trinajstić information content (AvgIpc) is 3.80. The molecular weight excluding hydrogens is 608 g/mol. The third kappa shape index (κ3) is 7.33. The van der Waals surface area contributed by atoms with Gasteiger partial charge in [-0.15, -0.1) is 0 Å². The van der Waals surface area contributed by atoms with Crippen LogP contribution in [0.3, 0.4) is 0 Å². The lowest BCUT2D eigenvalue weighted by molar-refractivity contribution is 0.800. The Morgan fingerprint density at radius 3 is 1.61 bits per heavy atom. The van der Waals surface area contributed by atoms with Crippen LogP contribution in [0.4, 0.5) is 23.3 Å². The largest absolute Gasteiger partial charge is 0.382 e. The van der Waals surface area contributed by atoms with E-state index in [1.54, 1.807) is 18.6 Å². The Morgan fingerprint density at radius 1 is 0.634 bits per heavy atom. The van der Waals surface area contributed by atoms with Gasteiger partial charge in [-0.3, -0.25) is 9.97 Å². The molecule has 0 radical (unpaired) electrons. The number of rotatable bonds is 3. The SMILES string of the molecule is Brc1cnc(N2CC3CC3C2)cn1.C.Nc1cncc(-c2cnc(N3CC4CC4C3)cn2)n1.Nc1cncc(Cl)n1. The molecule has 6 heterocycles. The molecule has 2 saturated heterocycles. The number of nitrogens with zero attached hydrogens (tertiary/aromatic N) is 10. The summed E-state index contributed by atoms with van der Waals surface area (Å²) < 4.78 is 0.806. The van der Waals surface area contributed by atoms with E-state index in [1.807, 2.05) is 12.4 Å². The second kappa shape index (κ2) is 12.4. The number of nitrogen functional groups attached to an aromatic ring is 2. The van der Waals surface area contributed by atoms with Crippen molar-refractivity contribution >= 4 is 50.8 Å². The number of fused-ring (bicyclic) bond motifs is 2. The molecule has 4 N–H and O–H groups in total. The lowest BCUT2D eigenvalue weighted by Gasteiger charge is -2.18. The van der Waals surface area contributed by atoms with E-state index in [0.717, 1.165) is 53.0 Å². The number of nitrogens with two attached hydrogens (primary N) is 2. The first-order valence-corrected chi connectivity index (χ1v) is 14.2. The zero-order valence-electron chi connectivity index (χ0n) is 21.6. The van der Waals surface area contributed by atoms with Gasteiger partial charge in [-0.2, -0.15) is 0 Å². The Morgan fingerprint density at radius 2 is 1.17 bits per heavy atom. The summed E-state index contributed by atoms with van der Waals surface area (Å²) >= 11 is 8.67. The van der Waals surface area contributed by atoms with Crippen molar-refractivity contribution < 1.29 is 0 Å². The predicted molar refractivity (Wildman–Crippen MR) is 163 cm³/mol. The Kier molecular flexibility index (Phi) is 8.74. The highest BCUT2D eigenvalue weighted by molar-refractivity contribution is 9.10. The van der Waals surface area contributed by atoms with E-state index in [2.05, 4.69) is 65.6 Å². The van der Waals surface area contributed by atoms with E-state index in [-0.39, 0.29) is 7.43 Å². The summed E-state index contributed by atoms with van der Waals surface area (Å²) in [6.07, 6.45) is 16.0. The zero-order chi connectivity index (χ0) is 27.6. The van der Waals surface area contributed by atoms with Gasteiger partial charge >= 0.3 is 0 Å². The highest BCUT2D eigenvalue weighted by Gasteiger charge is 2.46. The van der Waals surface area contributed by atoms with Crippen molar-refractivity contribution in [1.82, 2.24) is 39.9 Å². The van der Waals surface area contributed by atoms with Crippen molar-refractivity contribution in [3.63, 3.8) is 0 Å². The van der Waals surface area contributed by atoms with E-state index in [9.17, 15) is 0 Å². The van der Waals surface area contributed by atoms with Gasteiger partial charge < -0.3 is 21.3 Å². The maximum atomic E-state index is 5.62. The molecule has 0 aromatic carbocycles. The second-order valence-corrected chi connectivity index (χ2v) is 11.6. The molecule has 4 aromatic rings. The van der Waals surface area contributed by atoms with Crippen molar-refractivity contribution in [3.05, 3.63) is 59.3 Å². The third-order valence-corrected chi connectivity index (χ3v) is 7.98. The van der Waals surface area contributed by atoms with Gasteiger partial charge in [0.15, 0.2) is 0 Å². The maximum absolute atomic E-state index is 5.62. The average molecular weight is 640 g/mol. The molecule has 4 fully saturated rings. The van der Waals surface area contributed by atoms with E-state index >= 15 is 0 Å². The van der Waals surface area contributed by atoms with Crippen molar-refractivity contribution in [2.45, 2.75) is 20.3 Å². The number of anilines is 4. The molecule has 41 heavy (non-hydrogen) atoms. The van der Waals surface area contributed by atoms with Crippen LogP contribution in [-0.2, 0) is 0 Å². The van der Waals surface area contributed by atoms with Crippen molar-refractivity contribution in [3.8, 4) is 11.4 Å². The summed E-state index contributed by atoms with van der Waals surface area (Å²) in [6, 6.07) is 0. The smallest absolute Gasteiger partial charge is 0.149 e. The van der Waals surface area contributed by atoms with Gasteiger partial charge in [-0.05, 0) is 52.4 Å². The Bertz CT molecular complexity index is 1420. The molecule has 0 spiro atoms. The molecule has 4 aromatic heterocycles. The van der Waals surface area contributed by atoms with Crippen molar-refractivity contribution in [2.75, 3.05) is 47.4 Å². The summed E-state index contributed by atoms with van der Waals surface area (Å²) in [4.78, 5) is 37.6. The van der Waals surface area contributed by atoms with Gasteiger partial charge in [0.25, 0.3) is 0 Å². The third-order valence-electron chi connectivity index (χ3n) is 7.39. The molecule has 4 aliphatic rings. The quantitative estimate of drug-likeness (QED) is 0.332. The normalized spacial score (nSPS) is 22.7. The summed E-state index contributed by atoms with van der Waals surface area (Å²) in [7, 11) is 0. The maximum Gasteiger partial charge on any atom is 0.149 e. The number of aromatic nitrogens is 8. The summed E-state index contributed by atoms with van der Waals surface area (Å²) in [5.41, 5.74) is 12.2. The fourth-order valence-electron chi connectivity index (χ4n) is 5.12. The second-order valence-electron chi connectivity index (χ2n) is 10.4. The number of piperidine rings is 2. The molecule has 2 aliphatic heterocycles. The Labute approximate surface area is 252 Å². The molecule has 4 atom stereocenters. The summed E-state index contributed by atoms with van der Waals surface area (Å²) in [5.74, 6) is 6.39. The molecule has 0 amide bonds. The van der Waals surface area contributed by atoms with Crippen LogP contribution in [0.2, 0.25) is 5.15 Å². The molecule has 214 valence electrons. The topological polar surface area (TPSA) is 162 Å². The minimum atomic E-state index is 0. The van der Waals surface area contributed by atoms with Crippen LogP contribution in [0.15, 0.2) is 54.2 Å². The minimum absolute atomic E-state index is 0. The summed E-state index contributed by atoms with van der Waals surface area (Å²) in [6.45, 7) is 4.61. The molecule has 8 rings (SSSR count). The highest BCUT2D eigenvalue weighted by Crippen LogP contribution is 2.46. The number of hydrogen-bond donors (Lipinski definition) is 2. The van der Waals surface area contributed by atoms with Gasteiger partial charge in [-0.1, -0.05) is 19.0 Å². The van der Waals surface area contributed by atoms with Gasteiger partial charge in [0.1, 0.15) is 44.4 Å². The number of halogens is 2. The predicted octanol–water partition coefficient (Wildman–Crippen LogP) is 4.02. The monoisotopic (exact) mass is 638 g/mol. The van der Waals surface area contributed by atoms with E-state index in [1.165, 1.54) is 44.5 Å². The molecule has 14 heteroatoms. The van der Waals surface area contributed by atoms with Crippen LogP contribution in [0.5, 0.6) is 0 Å². The first-order valence-electron chi connectivity index (χ1n) is 13.0. The van der Waals surface area contributed by atoms with Gasteiger partial charge in [0.2, 0.25) is 0 Å². The molecule has 0 bridgehead atoms. The van der Waals surface area contributed by atoms with Crippen LogP contribution in [0.25, 0.3) is 11.4 Å². The van der Waals surface area contributed by atoms with Crippen LogP contribution >= 0.6 is 27.5 Å². The summed E-state index contributed by atoms with van der Waals surface area (Å²) in [5, 5.41) is 0.324. The van der Waals surface area contributed by atoms with Crippen LogP contribution in [0.1, 0.15) is 20.3 Å². The highest BCUT2D eigenvalue weighted by atomic mass is 79.9. The first kappa shape index (κ1) is 28.8. The molecule has 12 nitrogen and oxygen atoms in total. The Balaban J connectivity index is 0.000000133. The Hall–Kier alpha value is -3.71. The lowest BCUT2D eigenvalue weighted by atomic mass is 10.3. The fraction of sp³-hybridized carbons (Fsp3) is 0.407. The molecule has 2 saturated carbocycles. The van der Waals surface area contributed by atoms with E-state index < -0.39 is 0 Å². The molecule has 4 unspecified atom stereocenters. The van der Waals surface area contributed by atoms with E-state index in [0.29, 0.717) is 28.2 Å². The van der Waals surface area contributed by atoms with Gasteiger partial charge in [0.05, 0.1) is 49.6 Å². The van der Waals surface area contributed by atoms with Crippen molar-refractivity contribution in [2.24, 2.45) is 23.7 Å². The van der Waals surface area contributed by atoms with Crippen molar-refractivity contribution in [1.29, 1.82) is 0 Å². The van der Waals surface area contributed by atoms with Crippen LogP contribution in [0, 0.1) is 23.7 Å². The lowest BCUT2D eigenvalue weighted by Crippen LogP contribution is -2.22. The number of hydrogen-bond acceptors (Lipinski definition) is 12. The minimum Gasteiger partial charge on any atom is -0.382 e. The molecule has 2 aliphatic carbocycles. The van der Waals surface area contributed by atoms with Crippen LogP contribution in [-0.4, -0.2) is 66.1 Å². The standard InChI is InChI=1S/C13H14N6.C9H10BrN3.C4H4ClN3.CH4/c14-12-4-15-2-11(18-12)10-3-17-13(5-16-10)19-6-8-1-9(8)7-19;10-8-2-12-9(3-11-8)13-4-6-1-7(6)5-13;5-3-1-7-2-4(6)8-3;/h2-5,8-9H,1,6-7H2,(H2,14,18);2-3,6-7H,1,4-5H2;1-2H,(H2,6,8);1H4. The zero-order valence-corrected chi connectivity index (χ0v) is 23.9. The molecular formula is C27H32BrClN12.